The molecule has 1 atom stereocenters. The summed E-state index contributed by atoms with van der Waals surface area (Å²) in [5.41, 5.74) is 2.48. The van der Waals surface area contributed by atoms with E-state index in [4.69, 9.17) is 21.1 Å². The van der Waals surface area contributed by atoms with E-state index in [0.29, 0.717) is 17.9 Å². The summed E-state index contributed by atoms with van der Waals surface area (Å²) >= 11 is 6.44. The van der Waals surface area contributed by atoms with Gasteiger partial charge < -0.3 is 19.7 Å². The molecular weight excluding hydrogens is 495 g/mol. The topological polar surface area (TPSA) is 67.9 Å². The Balaban J connectivity index is 1.84. The minimum absolute atomic E-state index is 0.140. The number of methoxy groups -OCH3 is 1. The first-order valence-corrected chi connectivity index (χ1v) is 12.4. The van der Waals surface area contributed by atoms with Crippen LogP contribution in [0.3, 0.4) is 0 Å². The average molecular weight is 529 g/mol. The van der Waals surface area contributed by atoms with Crippen molar-refractivity contribution >= 4 is 23.5 Å². The first kappa shape index (κ1) is 28.4. The third-order valence-corrected chi connectivity index (χ3v) is 6.59. The van der Waals surface area contributed by atoms with Crippen molar-refractivity contribution in [2.45, 2.75) is 40.2 Å². The van der Waals surface area contributed by atoms with E-state index in [1.165, 1.54) is 30.9 Å². The van der Waals surface area contributed by atoms with E-state index in [1.807, 2.05) is 39.1 Å². The Morgan fingerprint density at radius 1 is 1.05 bits per heavy atom. The van der Waals surface area contributed by atoms with Crippen LogP contribution in [-0.2, 0) is 25.6 Å². The van der Waals surface area contributed by atoms with E-state index >= 15 is 0 Å². The van der Waals surface area contributed by atoms with Crippen LogP contribution >= 0.6 is 11.6 Å². The maximum absolute atomic E-state index is 14.3. The highest BCUT2D eigenvalue weighted by Gasteiger charge is 2.39. The third kappa shape index (κ3) is 6.99. The molecule has 0 aliphatic carbocycles. The molecule has 6 nitrogen and oxygen atoms in total. The number of nitrogens with zero attached hydrogens (tertiary/aromatic N) is 1. The predicted octanol–water partition coefficient (Wildman–Crippen LogP) is 5.59. The van der Waals surface area contributed by atoms with Crippen LogP contribution in [0.2, 0.25) is 5.02 Å². The van der Waals surface area contributed by atoms with Crippen molar-refractivity contribution in [2.75, 3.05) is 27.3 Å². The van der Waals surface area contributed by atoms with Gasteiger partial charge in [0.25, 0.3) is 0 Å². The molecule has 2 aromatic carbocycles. The standard InChI is InChI=1S/C29H34ClFN2O4/c1-18-24(27(34)36-6)26(22-14-21(31)12-13-23(22)30)25(19(2)32-18)28(35)37-17-29(3,4)16-33(5)15-20-10-8-7-9-11-20/h7-14,26,32H,15-17H2,1-6H3. The smallest absolute Gasteiger partial charge is 0.336 e. The number of dihydropyridines is 1. The van der Waals surface area contributed by atoms with E-state index < -0.39 is 23.7 Å². The molecule has 1 heterocycles. The summed E-state index contributed by atoms with van der Waals surface area (Å²) in [4.78, 5) is 28.5. The van der Waals surface area contributed by atoms with Gasteiger partial charge in [-0.1, -0.05) is 55.8 Å². The lowest BCUT2D eigenvalue weighted by Gasteiger charge is -2.33. The Hall–Kier alpha value is -3.16. The number of carbonyl (C=O) groups excluding carboxylic acids is 2. The van der Waals surface area contributed by atoms with Gasteiger partial charge in [-0.25, -0.2) is 14.0 Å². The number of allylic oxidation sites excluding steroid dienone is 2. The van der Waals surface area contributed by atoms with E-state index in [9.17, 15) is 14.0 Å². The molecule has 1 aliphatic heterocycles. The second-order valence-corrected chi connectivity index (χ2v) is 10.6. The second kappa shape index (κ2) is 11.9. The largest absolute Gasteiger partial charge is 0.466 e. The highest BCUT2D eigenvalue weighted by molar-refractivity contribution is 6.31. The zero-order valence-electron chi connectivity index (χ0n) is 22.2. The summed E-state index contributed by atoms with van der Waals surface area (Å²) in [6.45, 7) is 9.04. The molecule has 1 unspecified atom stereocenters. The van der Waals surface area contributed by atoms with E-state index in [2.05, 4.69) is 22.3 Å². The number of benzene rings is 2. The molecule has 0 radical (unpaired) electrons. The lowest BCUT2D eigenvalue weighted by Crippen LogP contribution is -2.37. The quantitative estimate of drug-likeness (QED) is 0.428. The summed E-state index contributed by atoms with van der Waals surface area (Å²) < 4.78 is 25.1. The lowest BCUT2D eigenvalue weighted by atomic mass is 9.80. The fourth-order valence-electron chi connectivity index (χ4n) is 4.76. The molecule has 1 N–H and O–H groups in total. The van der Waals surface area contributed by atoms with Gasteiger partial charge in [0, 0.05) is 34.9 Å². The van der Waals surface area contributed by atoms with Crippen molar-refractivity contribution in [1.29, 1.82) is 0 Å². The molecule has 0 aromatic heterocycles. The van der Waals surface area contributed by atoms with Crippen molar-refractivity contribution in [3.63, 3.8) is 0 Å². The summed E-state index contributed by atoms with van der Waals surface area (Å²) in [5, 5.41) is 3.30. The lowest BCUT2D eigenvalue weighted by molar-refractivity contribution is -0.142. The Bertz CT molecular complexity index is 1220. The van der Waals surface area contributed by atoms with Crippen molar-refractivity contribution < 1.29 is 23.5 Å². The number of ether oxygens (including phenoxy) is 2. The molecule has 0 amide bonds. The van der Waals surface area contributed by atoms with Crippen LogP contribution in [0.1, 0.15) is 44.7 Å². The van der Waals surface area contributed by atoms with Crippen molar-refractivity contribution in [3.8, 4) is 0 Å². The van der Waals surface area contributed by atoms with Crippen molar-refractivity contribution in [3.05, 3.63) is 93.0 Å². The van der Waals surface area contributed by atoms with E-state index in [-0.39, 0.29) is 33.8 Å². The molecule has 0 saturated heterocycles. The number of hydrogen-bond acceptors (Lipinski definition) is 6. The van der Waals surface area contributed by atoms with Crippen LogP contribution in [0.4, 0.5) is 4.39 Å². The maximum Gasteiger partial charge on any atom is 0.336 e. The predicted molar refractivity (Wildman–Crippen MR) is 142 cm³/mol. The SMILES string of the molecule is COC(=O)C1=C(C)NC(C)=C(C(=O)OCC(C)(C)CN(C)Cc2ccccc2)C1c1cc(F)ccc1Cl. The molecule has 0 fully saturated rings. The molecule has 37 heavy (non-hydrogen) atoms. The number of carbonyl (C=O) groups is 2. The molecule has 0 bridgehead atoms. The number of hydrogen-bond donors (Lipinski definition) is 1. The van der Waals surface area contributed by atoms with Gasteiger partial charge in [0.15, 0.2) is 0 Å². The van der Waals surface area contributed by atoms with Crippen LogP contribution in [0.5, 0.6) is 0 Å². The van der Waals surface area contributed by atoms with Gasteiger partial charge in [0.1, 0.15) is 5.82 Å². The van der Waals surface area contributed by atoms with Crippen LogP contribution in [0.25, 0.3) is 0 Å². The molecule has 198 valence electrons. The van der Waals surface area contributed by atoms with Gasteiger partial charge in [0.05, 0.1) is 30.8 Å². The summed E-state index contributed by atoms with van der Waals surface area (Å²) in [7, 11) is 3.27. The number of rotatable bonds is 9. The molecule has 1 aliphatic rings. The minimum atomic E-state index is -0.951. The molecular formula is C29H34ClFN2O4. The molecule has 0 spiro atoms. The van der Waals surface area contributed by atoms with Gasteiger partial charge in [-0.2, -0.15) is 0 Å². The molecule has 2 aromatic rings. The first-order chi connectivity index (χ1) is 17.4. The second-order valence-electron chi connectivity index (χ2n) is 10.2. The van der Waals surface area contributed by atoms with Crippen molar-refractivity contribution in [2.24, 2.45) is 5.41 Å². The highest BCUT2D eigenvalue weighted by Crippen LogP contribution is 2.42. The van der Waals surface area contributed by atoms with Gasteiger partial charge >= 0.3 is 11.9 Å². The maximum atomic E-state index is 14.3. The van der Waals surface area contributed by atoms with Crippen LogP contribution < -0.4 is 5.32 Å². The van der Waals surface area contributed by atoms with Gasteiger partial charge in [-0.15, -0.1) is 0 Å². The average Bonchev–Trinajstić information content (AvgIpc) is 2.83. The van der Waals surface area contributed by atoms with Crippen LogP contribution in [-0.4, -0.2) is 44.1 Å². The Morgan fingerprint density at radius 3 is 2.30 bits per heavy atom. The molecule has 0 saturated carbocycles. The number of esters is 2. The van der Waals surface area contributed by atoms with Gasteiger partial charge in [-0.3, -0.25) is 0 Å². The molecule has 8 heteroatoms. The van der Waals surface area contributed by atoms with Crippen LogP contribution in [0, 0.1) is 11.2 Å². The number of nitrogens with one attached hydrogen (secondary N) is 1. The van der Waals surface area contributed by atoms with E-state index in [1.54, 1.807) is 13.8 Å². The fraction of sp³-hybridized carbons (Fsp3) is 0.379. The minimum Gasteiger partial charge on any atom is -0.466 e. The first-order valence-electron chi connectivity index (χ1n) is 12.0. The van der Waals surface area contributed by atoms with Crippen molar-refractivity contribution in [1.82, 2.24) is 10.2 Å². The van der Waals surface area contributed by atoms with Gasteiger partial charge in [0.2, 0.25) is 0 Å². The fourth-order valence-corrected chi connectivity index (χ4v) is 4.98. The van der Waals surface area contributed by atoms with Gasteiger partial charge in [-0.05, 0) is 50.2 Å². The number of halogens is 2. The molecule has 3 rings (SSSR count). The normalized spacial score (nSPS) is 16.1. The monoisotopic (exact) mass is 528 g/mol. The zero-order valence-corrected chi connectivity index (χ0v) is 22.9. The van der Waals surface area contributed by atoms with E-state index in [0.717, 1.165) is 6.54 Å². The summed E-state index contributed by atoms with van der Waals surface area (Å²) in [6.07, 6.45) is 0. The summed E-state index contributed by atoms with van der Waals surface area (Å²) in [5.74, 6) is -2.74. The summed E-state index contributed by atoms with van der Waals surface area (Å²) in [6, 6.07) is 14.0. The van der Waals surface area contributed by atoms with Crippen LogP contribution in [0.15, 0.2) is 71.1 Å². The zero-order chi connectivity index (χ0) is 27.3. The Labute approximate surface area is 223 Å². The Morgan fingerprint density at radius 2 is 1.68 bits per heavy atom. The third-order valence-electron chi connectivity index (χ3n) is 6.24. The highest BCUT2D eigenvalue weighted by atomic mass is 35.5. The Kier molecular flexibility index (Phi) is 9.16.